The van der Waals surface area contributed by atoms with Crippen molar-refractivity contribution in [1.29, 1.82) is 0 Å². The van der Waals surface area contributed by atoms with E-state index in [2.05, 4.69) is 0 Å². The van der Waals surface area contributed by atoms with E-state index in [0.29, 0.717) is 5.75 Å². The fourth-order valence-electron chi connectivity index (χ4n) is 1.48. The van der Waals surface area contributed by atoms with Crippen LogP contribution >= 0.6 is 0 Å². The molecule has 0 aromatic heterocycles. The Balaban J connectivity index is 2.11. The van der Waals surface area contributed by atoms with Gasteiger partial charge >= 0.3 is 0 Å². The summed E-state index contributed by atoms with van der Waals surface area (Å²) < 4.78 is 29.3. The van der Waals surface area contributed by atoms with Crippen molar-refractivity contribution in [3.05, 3.63) is 60.2 Å². The van der Waals surface area contributed by atoms with Crippen molar-refractivity contribution in [1.82, 2.24) is 0 Å². The summed E-state index contributed by atoms with van der Waals surface area (Å²) in [6.07, 6.45) is 0. The second-order valence-corrected chi connectivity index (χ2v) is 5.94. The molecule has 3 nitrogen and oxygen atoms in total. The van der Waals surface area contributed by atoms with Gasteiger partial charge in [0.05, 0.1) is 4.90 Å². The standard InChI is InChI=1S/C14H14O3S/c1-12-7-9-14(10-8-12)18(15,16)11-17-13-5-3-2-4-6-13/h2-10H,11H2,1H3. The van der Waals surface area contributed by atoms with Gasteiger partial charge in [0.2, 0.25) is 9.84 Å². The summed E-state index contributed by atoms with van der Waals surface area (Å²) in [5, 5.41) is 0. The number of hydrogen-bond acceptors (Lipinski definition) is 3. The first-order valence-electron chi connectivity index (χ1n) is 5.55. The number of aryl methyl sites for hydroxylation is 1. The van der Waals surface area contributed by atoms with Crippen LogP contribution in [0.5, 0.6) is 5.75 Å². The lowest BCUT2D eigenvalue weighted by Crippen LogP contribution is -2.12. The molecule has 0 spiro atoms. The zero-order valence-electron chi connectivity index (χ0n) is 10.0. The highest BCUT2D eigenvalue weighted by atomic mass is 32.2. The molecule has 0 N–H and O–H groups in total. The third kappa shape index (κ3) is 3.11. The van der Waals surface area contributed by atoms with E-state index in [9.17, 15) is 8.42 Å². The predicted molar refractivity (Wildman–Crippen MR) is 70.3 cm³/mol. The molecule has 0 fully saturated rings. The van der Waals surface area contributed by atoms with E-state index in [0.717, 1.165) is 5.56 Å². The van der Waals surface area contributed by atoms with Gasteiger partial charge in [0, 0.05) is 0 Å². The second kappa shape index (κ2) is 5.23. The molecule has 0 radical (unpaired) electrons. The molecule has 0 saturated carbocycles. The summed E-state index contributed by atoms with van der Waals surface area (Å²) in [4.78, 5) is 0.282. The van der Waals surface area contributed by atoms with Gasteiger partial charge in [-0.3, -0.25) is 0 Å². The third-order valence-electron chi connectivity index (χ3n) is 2.50. The van der Waals surface area contributed by atoms with Gasteiger partial charge in [-0.1, -0.05) is 35.9 Å². The molecule has 0 aliphatic rings. The summed E-state index contributed by atoms with van der Waals surface area (Å²) in [5.74, 6) is 0.202. The lowest BCUT2D eigenvalue weighted by Gasteiger charge is -2.07. The minimum atomic E-state index is -3.40. The highest BCUT2D eigenvalue weighted by Gasteiger charge is 2.14. The predicted octanol–water partition coefficient (Wildman–Crippen LogP) is 2.81. The van der Waals surface area contributed by atoms with Crippen LogP contribution in [0.3, 0.4) is 0 Å². The molecular weight excluding hydrogens is 248 g/mol. The van der Waals surface area contributed by atoms with Crippen LogP contribution in [0.1, 0.15) is 5.56 Å². The maximum absolute atomic E-state index is 12.0. The van der Waals surface area contributed by atoms with Crippen LogP contribution in [0.4, 0.5) is 0 Å². The van der Waals surface area contributed by atoms with Crippen molar-refractivity contribution < 1.29 is 13.2 Å². The van der Waals surface area contributed by atoms with Crippen molar-refractivity contribution in [2.24, 2.45) is 0 Å². The van der Waals surface area contributed by atoms with Crippen molar-refractivity contribution >= 4 is 9.84 Å². The van der Waals surface area contributed by atoms with Crippen molar-refractivity contribution in [2.75, 3.05) is 5.94 Å². The van der Waals surface area contributed by atoms with E-state index in [-0.39, 0.29) is 10.8 Å². The fraction of sp³-hybridized carbons (Fsp3) is 0.143. The molecule has 0 aliphatic carbocycles. The SMILES string of the molecule is Cc1ccc(S(=O)(=O)COc2ccccc2)cc1. The van der Waals surface area contributed by atoms with E-state index < -0.39 is 9.84 Å². The van der Waals surface area contributed by atoms with Crippen molar-refractivity contribution in [3.63, 3.8) is 0 Å². The summed E-state index contributed by atoms with van der Waals surface area (Å²) in [6.45, 7) is 1.91. The number of benzene rings is 2. The van der Waals surface area contributed by atoms with Gasteiger partial charge in [0.25, 0.3) is 0 Å². The van der Waals surface area contributed by atoms with E-state index in [4.69, 9.17) is 4.74 Å². The summed E-state index contributed by atoms with van der Waals surface area (Å²) in [5.41, 5.74) is 1.03. The molecule has 0 atom stereocenters. The minimum Gasteiger partial charge on any atom is -0.477 e. The van der Waals surface area contributed by atoms with Crippen LogP contribution in [-0.2, 0) is 9.84 Å². The van der Waals surface area contributed by atoms with Crippen molar-refractivity contribution in [2.45, 2.75) is 11.8 Å². The number of hydrogen-bond donors (Lipinski definition) is 0. The first-order chi connectivity index (χ1) is 8.58. The average molecular weight is 262 g/mol. The molecule has 18 heavy (non-hydrogen) atoms. The lowest BCUT2D eigenvalue weighted by molar-refractivity contribution is 0.376. The maximum atomic E-state index is 12.0. The van der Waals surface area contributed by atoms with E-state index in [1.807, 2.05) is 13.0 Å². The first kappa shape index (κ1) is 12.6. The Hall–Kier alpha value is -1.81. The number of ether oxygens (including phenoxy) is 1. The monoisotopic (exact) mass is 262 g/mol. The lowest BCUT2D eigenvalue weighted by atomic mass is 10.2. The molecule has 0 amide bonds. The molecule has 0 heterocycles. The second-order valence-electron chi connectivity index (χ2n) is 4.00. The molecule has 2 rings (SSSR count). The maximum Gasteiger partial charge on any atom is 0.213 e. The van der Waals surface area contributed by atoms with Crippen LogP contribution in [-0.4, -0.2) is 14.4 Å². The van der Waals surface area contributed by atoms with Gasteiger partial charge in [-0.15, -0.1) is 0 Å². The number of rotatable bonds is 4. The Morgan fingerprint density at radius 3 is 2.17 bits per heavy atom. The molecule has 0 unspecified atom stereocenters. The van der Waals surface area contributed by atoms with Gasteiger partial charge in [0.1, 0.15) is 5.75 Å². The first-order valence-corrected chi connectivity index (χ1v) is 7.20. The van der Waals surface area contributed by atoms with Crippen LogP contribution in [0.2, 0.25) is 0 Å². The average Bonchev–Trinajstić information content (AvgIpc) is 2.38. The molecule has 0 saturated heterocycles. The molecule has 2 aromatic carbocycles. The van der Waals surface area contributed by atoms with Crippen LogP contribution in [0, 0.1) is 6.92 Å². The van der Waals surface area contributed by atoms with Gasteiger partial charge < -0.3 is 4.74 Å². The summed E-state index contributed by atoms with van der Waals surface area (Å²) in [7, 11) is -3.40. The van der Waals surface area contributed by atoms with E-state index >= 15 is 0 Å². The number of para-hydroxylation sites is 1. The van der Waals surface area contributed by atoms with Gasteiger partial charge in [-0.25, -0.2) is 8.42 Å². The Kier molecular flexibility index (Phi) is 3.67. The Labute approximate surface area is 107 Å². The number of sulfone groups is 1. The van der Waals surface area contributed by atoms with Gasteiger partial charge in [0.15, 0.2) is 5.94 Å². The fourth-order valence-corrected chi connectivity index (χ4v) is 2.45. The van der Waals surface area contributed by atoms with Gasteiger partial charge in [-0.2, -0.15) is 0 Å². The summed E-state index contributed by atoms with van der Waals surface area (Å²) in [6, 6.07) is 15.6. The molecular formula is C14H14O3S. The third-order valence-corrected chi connectivity index (χ3v) is 3.92. The highest BCUT2D eigenvalue weighted by Crippen LogP contribution is 2.15. The van der Waals surface area contributed by atoms with Gasteiger partial charge in [-0.05, 0) is 31.2 Å². The van der Waals surface area contributed by atoms with E-state index in [1.165, 1.54) is 0 Å². The van der Waals surface area contributed by atoms with Crippen molar-refractivity contribution in [3.8, 4) is 5.75 Å². The van der Waals surface area contributed by atoms with Crippen LogP contribution in [0.15, 0.2) is 59.5 Å². The molecule has 4 heteroatoms. The van der Waals surface area contributed by atoms with Crippen LogP contribution < -0.4 is 4.74 Å². The Morgan fingerprint density at radius 1 is 0.944 bits per heavy atom. The zero-order chi connectivity index (χ0) is 13.0. The molecule has 0 bridgehead atoms. The van der Waals surface area contributed by atoms with Crippen LogP contribution in [0.25, 0.3) is 0 Å². The highest BCUT2D eigenvalue weighted by molar-refractivity contribution is 7.91. The minimum absolute atomic E-state index is 0.282. The largest absolute Gasteiger partial charge is 0.477 e. The zero-order valence-corrected chi connectivity index (χ0v) is 10.9. The Morgan fingerprint density at radius 2 is 1.56 bits per heavy atom. The molecule has 94 valence electrons. The Bertz CT molecular complexity index is 601. The molecule has 2 aromatic rings. The van der Waals surface area contributed by atoms with E-state index in [1.54, 1.807) is 48.5 Å². The quantitative estimate of drug-likeness (QED) is 0.851. The normalized spacial score (nSPS) is 11.2. The summed E-state index contributed by atoms with van der Waals surface area (Å²) >= 11 is 0. The smallest absolute Gasteiger partial charge is 0.213 e. The molecule has 0 aliphatic heterocycles. The topological polar surface area (TPSA) is 43.4 Å².